The largest absolute Gasteiger partial charge is 0.497 e. The molecule has 0 saturated carbocycles. The van der Waals surface area contributed by atoms with Crippen molar-refractivity contribution in [3.63, 3.8) is 0 Å². The average molecular weight is 451 g/mol. The van der Waals surface area contributed by atoms with Gasteiger partial charge >= 0.3 is 0 Å². The number of halogens is 2. The molecule has 2 aromatic carbocycles. The summed E-state index contributed by atoms with van der Waals surface area (Å²) in [5, 5.41) is 3.81. The van der Waals surface area contributed by atoms with E-state index in [0.717, 1.165) is 17.7 Å². The number of amides is 2. The first-order valence-corrected chi connectivity index (χ1v) is 10.7. The standard InChI is InChI=1S/C23H28Cl2N2O3/c1-5-15(2)26-23(29)16(3)27(14-17-9-11-18(30-4)12-10-17)22(28)13-19-20(24)7-6-8-21(19)25/h6-12,15-16H,5,13-14H2,1-4H3,(H,26,29)/t15-,16-/m1/s1. The minimum atomic E-state index is -0.658. The topological polar surface area (TPSA) is 58.6 Å². The van der Waals surface area contributed by atoms with E-state index in [-0.39, 0.29) is 30.8 Å². The summed E-state index contributed by atoms with van der Waals surface area (Å²) in [7, 11) is 1.60. The number of rotatable bonds is 9. The number of hydrogen-bond donors (Lipinski definition) is 1. The summed E-state index contributed by atoms with van der Waals surface area (Å²) in [6, 6.07) is 11.9. The first kappa shape index (κ1) is 24.0. The molecule has 0 saturated heterocycles. The van der Waals surface area contributed by atoms with E-state index in [1.165, 1.54) is 0 Å². The maximum absolute atomic E-state index is 13.2. The third-order valence-corrected chi connectivity index (χ3v) is 5.78. The smallest absolute Gasteiger partial charge is 0.242 e. The minimum absolute atomic E-state index is 0.00954. The monoisotopic (exact) mass is 450 g/mol. The summed E-state index contributed by atoms with van der Waals surface area (Å²) in [6.45, 7) is 5.94. The van der Waals surface area contributed by atoms with E-state index in [9.17, 15) is 9.59 Å². The summed E-state index contributed by atoms with van der Waals surface area (Å²) in [4.78, 5) is 27.6. The van der Waals surface area contributed by atoms with Crippen LogP contribution in [-0.2, 0) is 22.6 Å². The van der Waals surface area contributed by atoms with Gasteiger partial charge in [-0.2, -0.15) is 0 Å². The van der Waals surface area contributed by atoms with Gasteiger partial charge in [0.15, 0.2) is 0 Å². The van der Waals surface area contributed by atoms with Gasteiger partial charge in [0.25, 0.3) is 0 Å². The van der Waals surface area contributed by atoms with Gasteiger partial charge in [0, 0.05) is 22.6 Å². The maximum Gasteiger partial charge on any atom is 0.242 e. The second-order valence-electron chi connectivity index (χ2n) is 7.24. The molecule has 0 bridgehead atoms. The van der Waals surface area contributed by atoms with Gasteiger partial charge in [-0.05, 0) is 55.7 Å². The first-order valence-electron chi connectivity index (χ1n) is 9.92. The molecule has 1 N–H and O–H groups in total. The van der Waals surface area contributed by atoms with E-state index in [0.29, 0.717) is 15.6 Å². The van der Waals surface area contributed by atoms with Crippen LogP contribution in [-0.4, -0.2) is 35.9 Å². The van der Waals surface area contributed by atoms with Crippen molar-refractivity contribution < 1.29 is 14.3 Å². The molecule has 0 aliphatic rings. The fourth-order valence-corrected chi connectivity index (χ4v) is 3.46. The van der Waals surface area contributed by atoms with Gasteiger partial charge in [-0.3, -0.25) is 9.59 Å². The lowest BCUT2D eigenvalue weighted by Gasteiger charge is -2.30. The summed E-state index contributed by atoms with van der Waals surface area (Å²) in [6.07, 6.45) is 0.815. The lowest BCUT2D eigenvalue weighted by atomic mass is 10.1. The van der Waals surface area contributed by atoms with Crippen LogP contribution in [0.25, 0.3) is 0 Å². The van der Waals surface area contributed by atoms with Gasteiger partial charge in [0.05, 0.1) is 13.5 Å². The van der Waals surface area contributed by atoms with Crippen molar-refractivity contribution in [3.05, 3.63) is 63.6 Å². The number of carbonyl (C=O) groups is 2. The molecule has 0 spiro atoms. The Balaban J connectivity index is 2.28. The number of ether oxygens (including phenoxy) is 1. The van der Waals surface area contributed by atoms with Crippen LogP contribution in [0.3, 0.4) is 0 Å². The number of hydrogen-bond acceptors (Lipinski definition) is 3. The number of carbonyl (C=O) groups excluding carboxylic acids is 2. The molecule has 30 heavy (non-hydrogen) atoms. The highest BCUT2D eigenvalue weighted by atomic mass is 35.5. The van der Waals surface area contributed by atoms with Gasteiger partial charge in [-0.1, -0.05) is 48.3 Å². The van der Waals surface area contributed by atoms with E-state index in [4.69, 9.17) is 27.9 Å². The van der Waals surface area contributed by atoms with Crippen LogP contribution >= 0.6 is 23.2 Å². The molecule has 162 valence electrons. The van der Waals surface area contributed by atoms with Crippen LogP contribution in [0.5, 0.6) is 5.75 Å². The first-order chi connectivity index (χ1) is 14.3. The van der Waals surface area contributed by atoms with Crippen LogP contribution in [0.15, 0.2) is 42.5 Å². The molecule has 0 aliphatic heterocycles. The molecule has 2 atom stereocenters. The van der Waals surface area contributed by atoms with Gasteiger partial charge < -0.3 is 15.0 Å². The second-order valence-corrected chi connectivity index (χ2v) is 8.05. The lowest BCUT2D eigenvalue weighted by molar-refractivity contribution is -0.140. The molecule has 7 heteroatoms. The molecule has 0 heterocycles. The Kier molecular flexibility index (Phi) is 9.00. The third-order valence-electron chi connectivity index (χ3n) is 5.07. The summed E-state index contributed by atoms with van der Waals surface area (Å²) >= 11 is 12.5. The van der Waals surface area contributed by atoms with Crippen LogP contribution in [0.4, 0.5) is 0 Å². The van der Waals surface area contributed by atoms with E-state index in [1.54, 1.807) is 37.1 Å². The Hall–Kier alpha value is -2.24. The van der Waals surface area contributed by atoms with Crippen LogP contribution in [0, 0.1) is 0 Å². The highest BCUT2D eigenvalue weighted by Gasteiger charge is 2.27. The molecule has 0 aliphatic carbocycles. The predicted molar refractivity (Wildman–Crippen MR) is 121 cm³/mol. The van der Waals surface area contributed by atoms with Gasteiger partial charge in [0.1, 0.15) is 11.8 Å². The maximum atomic E-state index is 13.2. The summed E-state index contributed by atoms with van der Waals surface area (Å²) in [5.41, 5.74) is 1.44. The Labute approximate surface area is 188 Å². The van der Waals surface area contributed by atoms with Crippen molar-refractivity contribution in [2.45, 2.75) is 52.2 Å². The van der Waals surface area contributed by atoms with Crippen molar-refractivity contribution >= 4 is 35.0 Å². The predicted octanol–water partition coefficient (Wildman–Crippen LogP) is 4.88. The molecule has 0 unspecified atom stereocenters. The highest BCUT2D eigenvalue weighted by Crippen LogP contribution is 2.26. The molecule has 0 aromatic heterocycles. The zero-order chi connectivity index (χ0) is 22.3. The van der Waals surface area contributed by atoms with E-state index in [2.05, 4.69) is 5.32 Å². The summed E-state index contributed by atoms with van der Waals surface area (Å²) < 4.78 is 5.19. The number of methoxy groups -OCH3 is 1. The van der Waals surface area contributed by atoms with Crippen LogP contribution in [0.1, 0.15) is 38.3 Å². The number of nitrogens with zero attached hydrogens (tertiary/aromatic N) is 1. The van der Waals surface area contributed by atoms with Crippen molar-refractivity contribution in [1.82, 2.24) is 10.2 Å². The highest BCUT2D eigenvalue weighted by molar-refractivity contribution is 6.36. The molecular formula is C23H28Cl2N2O3. The molecule has 2 rings (SSSR count). The number of nitrogens with one attached hydrogen (secondary N) is 1. The summed E-state index contributed by atoms with van der Waals surface area (Å²) in [5.74, 6) is 0.297. The lowest BCUT2D eigenvalue weighted by Crippen LogP contribution is -2.49. The molecule has 2 aromatic rings. The Morgan fingerprint density at radius 1 is 1.07 bits per heavy atom. The van der Waals surface area contributed by atoms with Crippen molar-refractivity contribution in [2.75, 3.05) is 7.11 Å². The normalized spacial score (nSPS) is 12.7. The van der Waals surface area contributed by atoms with Crippen LogP contribution < -0.4 is 10.1 Å². The van der Waals surface area contributed by atoms with Crippen molar-refractivity contribution in [3.8, 4) is 5.75 Å². The van der Waals surface area contributed by atoms with E-state index < -0.39 is 6.04 Å². The van der Waals surface area contributed by atoms with E-state index >= 15 is 0 Å². The Morgan fingerprint density at radius 3 is 2.20 bits per heavy atom. The fraction of sp³-hybridized carbons (Fsp3) is 0.391. The zero-order valence-electron chi connectivity index (χ0n) is 17.7. The molecule has 2 amide bonds. The SMILES string of the molecule is CC[C@@H](C)NC(=O)[C@@H](C)N(Cc1ccc(OC)cc1)C(=O)Cc1c(Cl)cccc1Cl. The van der Waals surface area contributed by atoms with Gasteiger partial charge in [-0.15, -0.1) is 0 Å². The Morgan fingerprint density at radius 2 is 1.67 bits per heavy atom. The second kappa shape index (κ2) is 11.2. The zero-order valence-corrected chi connectivity index (χ0v) is 19.3. The van der Waals surface area contributed by atoms with Crippen molar-refractivity contribution in [2.24, 2.45) is 0 Å². The molecule has 0 fully saturated rings. The molecule has 5 nitrogen and oxygen atoms in total. The van der Waals surface area contributed by atoms with Gasteiger partial charge in [0.2, 0.25) is 11.8 Å². The van der Waals surface area contributed by atoms with Gasteiger partial charge in [-0.25, -0.2) is 0 Å². The number of benzene rings is 2. The van der Waals surface area contributed by atoms with Crippen molar-refractivity contribution in [1.29, 1.82) is 0 Å². The third kappa shape index (κ3) is 6.38. The molecular weight excluding hydrogens is 423 g/mol. The van der Waals surface area contributed by atoms with E-state index in [1.807, 2.05) is 38.1 Å². The fourth-order valence-electron chi connectivity index (χ4n) is 2.93. The quantitative estimate of drug-likeness (QED) is 0.592. The minimum Gasteiger partial charge on any atom is -0.497 e. The van der Waals surface area contributed by atoms with Crippen LogP contribution in [0.2, 0.25) is 10.0 Å². The Bertz CT molecular complexity index is 851. The molecule has 0 radical (unpaired) electrons. The average Bonchev–Trinajstić information content (AvgIpc) is 2.74.